The summed E-state index contributed by atoms with van der Waals surface area (Å²) in [5.74, 6) is 0.320. The van der Waals surface area contributed by atoms with Crippen molar-refractivity contribution in [3.05, 3.63) is 103 Å². The fourth-order valence-corrected chi connectivity index (χ4v) is 4.57. The number of benzene rings is 3. The summed E-state index contributed by atoms with van der Waals surface area (Å²) in [7, 11) is 0. The molecule has 1 heterocycles. The fourth-order valence-electron chi connectivity index (χ4n) is 3.24. The van der Waals surface area contributed by atoms with E-state index in [1.54, 1.807) is 6.08 Å². The molecular weight excluding hydrogens is 510 g/mol. The number of hydrogen-bond donors (Lipinski definition) is 0. The van der Waals surface area contributed by atoms with Crippen LogP contribution in [0.15, 0.2) is 76.1 Å². The molecule has 1 fully saturated rings. The van der Waals surface area contributed by atoms with Crippen molar-refractivity contribution >= 4 is 56.5 Å². The van der Waals surface area contributed by atoms with Gasteiger partial charge in [-0.2, -0.15) is 0 Å². The van der Waals surface area contributed by atoms with E-state index in [1.165, 1.54) is 4.90 Å². The number of amides is 2. The first-order chi connectivity index (χ1) is 15.4. The van der Waals surface area contributed by atoms with E-state index in [0.29, 0.717) is 22.3 Å². The topological polar surface area (TPSA) is 46.6 Å². The summed E-state index contributed by atoms with van der Waals surface area (Å²) >= 11 is 10.4. The second-order valence-corrected chi connectivity index (χ2v) is 9.64. The van der Waals surface area contributed by atoms with Crippen molar-refractivity contribution < 1.29 is 14.3 Å². The summed E-state index contributed by atoms with van der Waals surface area (Å²) < 4.78 is 6.85. The molecular formula is C25H19BrClNO3S. The molecule has 0 saturated carbocycles. The van der Waals surface area contributed by atoms with Crippen LogP contribution in [0.3, 0.4) is 0 Å². The van der Waals surface area contributed by atoms with Crippen LogP contribution in [0.5, 0.6) is 5.75 Å². The maximum atomic E-state index is 13.0. The maximum Gasteiger partial charge on any atom is 0.293 e. The fraction of sp³-hybridized carbons (Fsp3) is 0.120. The van der Waals surface area contributed by atoms with Gasteiger partial charge in [-0.15, -0.1) is 0 Å². The molecule has 1 aliphatic rings. The lowest BCUT2D eigenvalue weighted by molar-refractivity contribution is -0.123. The number of carbonyl (C=O) groups excluding carboxylic acids is 2. The molecule has 1 saturated heterocycles. The summed E-state index contributed by atoms with van der Waals surface area (Å²) in [6.45, 7) is 2.58. The van der Waals surface area contributed by atoms with Gasteiger partial charge < -0.3 is 4.74 Å². The van der Waals surface area contributed by atoms with E-state index < -0.39 is 0 Å². The highest BCUT2D eigenvalue weighted by Crippen LogP contribution is 2.36. The van der Waals surface area contributed by atoms with E-state index in [9.17, 15) is 9.59 Å². The maximum absolute atomic E-state index is 13.0. The predicted octanol–water partition coefficient (Wildman–Crippen LogP) is 7.23. The number of nitrogens with zero attached hydrogens (tertiary/aromatic N) is 1. The number of halogens is 2. The molecule has 0 N–H and O–H groups in total. The Hall–Kier alpha value is -2.54. The molecule has 4 nitrogen and oxygen atoms in total. The smallest absolute Gasteiger partial charge is 0.293 e. The first kappa shape index (κ1) is 22.6. The molecule has 1 aliphatic heterocycles. The Balaban J connectivity index is 1.55. The summed E-state index contributed by atoms with van der Waals surface area (Å²) in [6, 6.07) is 20.7. The Kier molecular flexibility index (Phi) is 7.04. The molecule has 0 radical (unpaired) electrons. The predicted molar refractivity (Wildman–Crippen MR) is 133 cm³/mol. The molecule has 32 heavy (non-hydrogen) atoms. The second kappa shape index (κ2) is 9.94. The Morgan fingerprint density at radius 1 is 1.06 bits per heavy atom. The summed E-state index contributed by atoms with van der Waals surface area (Å²) in [5, 5.41) is 0.391. The zero-order valence-corrected chi connectivity index (χ0v) is 20.3. The second-order valence-electron chi connectivity index (χ2n) is 7.29. The number of hydrogen-bond acceptors (Lipinski definition) is 4. The standard InChI is InChI=1S/C25H19BrClNO3S/c1-16-4-2-3-5-18(16)14-28-24(29)23(32-25(28)30)13-19-12-20(26)8-11-22(19)31-15-17-6-9-21(27)10-7-17/h2-13H,14-15H2,1H3/b23-13-. The average molecular weight is 529 g/mol. The van der Waals surface area contributed by atoms with Crippen molar-refractivity contribution in [3.8, 4) is 5.75 Å². The van der Waals surface area contributed by atoms with Gasteiger partial charge in [0.15, 0.2) is 0 Å². The minimum Gasteiger partial charge on any atom is -0.488 e. The Morgan fingerprint density at radius 3 is 2.56 bits per heavy atom. The van der Waals surface area contributed by atoms with Gasteiger partial charge in [-0.25, -0.2) is 0 Å². The van der Waals surface area contributed by atoms with E-state index in [1.807, 2.05) is 73.7 Å². The van der Waals surface area contributed by atoms with Crippen LogP contribution in [0.4, 0.5) is 4.79 Å². The third-order valence-corrected chi connectivity index (χ3v) is 6.68. The van der Waals surface area contributed by atoms with Crippen LogP contribution in [0.1, 0.15) is 22.3 Å². The zero-order chi connectivity index (χ0) is 22.7. The van der Waals surface area contributed by atoms with Crippen LogP contribution in [0.2, 0.25) is 5.02 Å². The quantitative estimate of drug-likeness (QED) is 0.317. The molecule has 0 aromatic heterocycles. The van der Waals surface area contributed by atoms with Crippen molar-refractivity contribution in [1.82, 2.24) is 4.90 Å². The molecule has 2 amide bonds. The normalized spacial score (nSPS) is 15.0. The average Bonchev–Trinajstić information content (AvgIpc) is 3.03. The largest absolute Gasteiger partial charge is 0.488 e. The Bertz CT molecular complexity index is 1210. The lowest BCUT2D eigenvalue weighted by Gasteiger charge is -2.14. The van der Waals surface area contributed by atoms with Gasteiger partial charge in [0.05, 0.1) is 11.4 Å². The SMILES string of the molecule is Cc1ccccc1CN1C(=O)S/C(=C\c2cc(Br)ccc2OCc2ccc(Cl)cc2)C1=O. The minimum atomic E-state index is -0.299. The van der Waals surface area contributed by atoms with E-state index in [4.69, 9.17) is 16.3 Å². The lowest BCUT2D eigenvalue weighted by atomic mass is 10.1. The highest BCUT2D eigenvalue weighted by Gasteiger charge is 2.35. The van der Waals surface area contributed by atoms with Gasteiger partial charge in [0, 0.05) is 15.1 Å². The highest BCUT2D eigenvalue weighted by atomic mass is 79.9. The lowest BCUT2D eigenvalue weighted by Crippen LogP contribution is -2.27. The van der Waals surface area contributed by atoms with Gasteiger partial charge in [0.25, 0.3) is 11.1 Å². The van der Waals surface area contributed by atoms with Crippen LogP contribution in [0, 0.1) is 6.92 Å². The molecule has 3 aromatic rings. The van der Waals surface area contributed by atoms with Crippen LogP contribution < -0.4 is 4.74 Å². The number of imide groups is 1. The number of carbonyl (C=O) groups is 2. The van der Waals surface area contributed by atoms with Crippen molar-refractivity contribution in [2.45, 2.75) is 20.1 Å². The summed E-state index contributed by atoms with van der Waals surface area (Å²) in [5.41, 5.74) is 3.68. The van der Waals surface area contributed by atoms with Gasteiger partial charge >= 0.3 is 0 Å². The Morgan fingerprint density at radius 2 is 1.81 bits per heavy atom. The van der Waals surface area contributed by atoms with E-state index in [0.717, 1.165) is 38.5 Å². The highest BCUT2D eigenvalue weighted by molar-refractivity contribution is 9.10. The van der Waals surface area contributed by atoms with Gasteiger partial charge in [-0.1, -0.05) is 63.9 Å². The number of aryl methyl sites for hydroxylation is 1. The molecule has 0 spiro atoms. The zero-order valence-electron chi connectivity index (χ0n) is 17.2. The van der Waals surface area contributed by atoms with Crippen LogP contribution in [-0.2, 0) is 17.9 Å². The molecule has 0 unspecified atom stereocenters. The third kappa shape index (κ3) is 5.26. The van der Waals surface area contributed by atoms with E-state index in [2.05, 4.69) is 15.9 Å². The van der Waals surface area contributed by atoms with Crippen LogP contribution in [0.25, 0.3) is 6.08 Å². The number of ether oxygens (including phenoxy) is 1. The molecule has 7 heteroatoms. The van der Waals surface area contributed by atoms with Gasteiger partial charge in [0.2, 0.25) is 0 Å². The molecule has 0 atom stereocenters. The first-order valence-electron chi connectivity index (χ1n) is 9.87. The van der Waals surface area contributed by atoms with Gasteiger partial charge in [0.1, 0.15) is 12.4 Å². The van der Waals surface area contributed by atoms with Crippen molar-refractivity contribution in [3.63, 3.8) is 0 Å². The van der Waals surface area contributed by atoms with E-state index >= 15 is 0 Å². The van der Waals surface area contributed by atoms with Gasteiger partial charge in [-0.05, 0) is 71.8 Å². The van der Waals surface area contributed by atoms with Crippen molar-refractivity contribution in [1.29, 1.82) is 0 Å². The number of thioether (sulfide) groups is 1. The minimum absolute atomic E-state index is 0.257. The van der Waals surface area contributed by atoms with Crippen molar-refractivity contribution in [2.24, 2.45) is 0 Å². The number of rotatable bonds is 6. The van der Waals surface area contributed by atoms with Gasteiger partial charge in [-0.3, -0.25) is 14.5 Å². The summed E-state index contributed by atoms with van der Waals surface area (Å²) in [6.07, 6.45) is 1.71. The van der Waals surface area contributed by atoms with Crippen LogP contribution in [-0.4, -0.2) is 16.0 Å². The molecule has 4 rings (SSSR count). The molecule has 3 aromatic carbocycles. The molecule has 0 aliphatic carbocycles. The van der Waals surface area contributed by atoms with Crippen molar-refractivity contribution in [2.75, 3.05) is 0 Å². The Labute approximate surface area is 204 Å². The molecule has 0 bridgehead atoms. The summed E-state index contributed by atoms with van der Waals surface area (Å²) in [4.78, 5) is 27.2. The van der Waals surface area contributed by atoms with E-state index in [-0.39, 0.29) is 17.7 Å². The van der Waals surface area contributed by atoms with Crippen LogP contribution >= 0.6 is 39.3 Å². The third-order valence-electron chi connectivity index (χ3n) is 5.03. The molecule has 162 valence electrons. The monoisotopic (exact) mass is 527 g/mol. The first-order valence-corrected chi connectivity index (χ1v) is 11.9.